The first-order chi connectivity index (χ1) is 10.7. The van der Waals surface area contributed by atoms with Gasteiger partial charge in [0, 0.05) is 19.6 Å². The Bertz CT molecular complexity index is 503. The number of hydrogen-bond donors (Lipinski definition) is 1. The minimum atomic E-state index is 0.0544. The number of carbonyl (C=O) groups is 1. The molecule has 4 nitrogen and oxygen atoms in total. The van der Waals surface area contributed by atoms with Crippen molar-refractivity contribution in [3.05, 3.63) is 30.3 Å². The Morgan fingerprint density at radius 1 is 1.27 bits per heavy atom. The highest BCUT2D eigenvalue weighted by atomic mass is 16.5. The van der Waals surface area contributed by atoms with Crippen molar-refractivity contribution in [3.8, 4) is 5.75 Å². The number of carbonyl (C=O) groups excluding carboxylic acids is 1. The topological polar surface area (TPSA) is 55.6 Å². The van der Waals surface area contributed by atoms with Gasteiger partial charge in [-0.3, -0.25) is 4.79 Å². The van der Waals surface area contributed by atoms with E-state index in [1.54, 1.807) is 0 Å². The molecule has 0 saturated heterocycles. The van der Waals surface area contributed by atoms with Crippen LogP contribution >= 0.6 is 0 Å². The van der Waals surface area contributed by atoms with Crippen LogP contribution in [0.5, 0.6) is 5.75 Å². The highest BCUT2D eigenvalue weighted by molar-refractivity contribution is 5.80. The molecule has 4 heteroatoms. The van der Waals surface area contributed by atoms with E-state index in [4.69, 9.17) is 10.5 Å². The molecule has 0 radical (unpaired) electrons. The molecule has 2 aliphatic carbocycles. The van der Waals surface area contributed by atoms with Gasteiger partial charge < -0.3 is 15.4 Å². The molecule has 120 valence electrons. The Morgan fingerprint density at radius 3 is 2.68 bits per heavy atom. The minimum Gasteiger partial charge on any atom is -0.494 e. The van der Waals surface area contributed by atoms with Crippen molar-refractivity contribution in [2.45, 2.75) is 31.7 Å². The lowest BCUT2D eigenvalue weighted by Gasteiger charge is -2.30. The molecule has 0 aliphatic heterocycles. The molecule has 2 saturated carbocycles. The molecule has 3 rings (SSSR count). The maximum atomic E-state index is 12.6. The first-order valence-electron chi connectivity index (χ1n) is 8.35. The third-order valence-electron chi connectivity index (χ3n) is 5.29. The van der Waals surface area contributed by atoms with Crippen molar-refractivity contribution in [1.82, 2.24) is 4.90 Å². The Kier molecular flexibility index (Phi) is 4.67. The Labute approximate surface area is 132 Å². The van der Waals surface area contributed by atoms with E-state index in [0.29, 0.717) is 18.4 Å². The summed E-state index contributed by atoms with van der Waals surface area (Å²) in [4.78, 5) is 14.5. The molecule has 0 heterocycles. The average molecular weight is 302 g/mol. The lowest BCUT2D eigenvalue weighted by atomic mass is 9.84. The van der Waals surface area contributed by atoms with Crippen LogP contribution in [0.15, 0.2) is 30.3 Å². The molecule has 0 spiro atoms. The van der Waals surface area contributed by atoms with Gasteiger partial charge in [0.25, 0.3) is 0 Å². The van der Waals surface area contributed by atoms with Crippen LogP contribution in [-0.2, 0) is 4.79 Å². The molecule has 22 heavy (non-hydrogen) atoms. The van der Waals surface area contributed by atoms with Crippen LogP contribution in [0.1, 0.15) is 25.7 Å². The zero-order valence-electron chi connectivity index (χ0n) is 13.3. The van der Waals surface area contributed by atoms with Crippen molar-refractivity contribution in [2.75, 3.05) is 20.2 Å². The van der Waals surface area contributed by atoms with Crippen LogP contribution in [0, 0.1) is 17.8 Å². The number of benzene rings is 1. The normalized spacial score (nSPS) is 29.5. The van der Waals surface area contributed by atoms with Gasteiger partial charge in [-0.05, 0) is 49.7 Å². The zero-order valence-corrected chi connectivity index (χ0v) is 13.3. The molecule has 2 fully saturated rings. The van der Waals surface area contributed by atoms with Crippen LogP contribution < -0.4 is 10.5 Å². The summed E-state index contributed by atoms with van der Waals surface area (Å²) in [5.41, 5.74) is 6.26. The summed E-state index contributed by atoms with van der Waals surface area (Å²) in [7, 11) is 1.89. The second-order valence-corrected chi connectivity index (χ2v) is 6.71. The SMILES string of the molecule is CN(CCCOc1ccccc1)C(=O)C1C2CCC(C2)C1N. The van der Waals surface area contributed by atoms with Crippen LogP contribution in [0.4, 0.5) is 0 Å². The van der Waals surface area contributed by atoms with Crippen LogP contribution in [-0.4, -0.2) is 37.0 Å². The lowest BCUT2D eigenvalue weighted by Crippen LogP contribution is -2.46. The van der Waals surface area contributed by atoms with Gasteiger partial charge in [0.1, 0.15) is 5.75 Å². The fourth-order valence-electron chi connectivity index (χ4n) is 4.08. The largest absolute Gasteiger partial charge is 0.494 e. The smallest absolute Gasteiger partial charge is 0.227 e. The Hall–Kier alpha value is -1.55. The molecule has 1 amide bonds. The summed E-state index contributed by atoms with van der Waals surface area (Å²) in [6.45, 7) is 1.36. The number of nitrogens with two attached hydrogens (primary N) is 1. The predicted octanol–water partition coefficient (Wildman–Crippen LogP) is 2.29. The summed E-state index contributed by atoms with van der Waals surface area (Å²) < 4.78 is 5.67. The number of fused-ring (bicyclic) bond motifs is 2. The molecule has 1 aromatic rings. The second kappa shape index (κ2) is 6.69. The minimum absolute atomic E-state index is 0.0544. The third kappa shape index (κ3) is 3.12. The van der Waals surface area contributed by atoms with Crippen molar-refractivity contribution >= 4 is 5.91 Å². The molecular weight excluding hydrogens is 276 g/mol. The summed E-state index contributed by atoms with van der Waals surface area (Å²) >= 11 is 0. The van der Waals surface area contributed by atoms with Crippen LogP contribution in [0.25, 0.3) is 0 Å². The zero-order chi connectivity index (χ0) is 15.5. The summed E-state index contributed by atoms with van der Waals surface area (Å²) in [5, 5.41) is 0. The van der Waals surface area contributed by atoms with Gasteiger partial charge in [0.2, 0.25) is 5.91 Å². The van der Waals surface area contributed by atoms with E-state index >= 15 is 0 Å². The molecule has 2 N–H and O–H groups in total. The number of para-hydroxylation sites is 1. The highest BCUT2D eigenvalue weighted by Crippen LogP contribution is 2.48. The van der Waals surface area contributed by atoms with E-state index in [1.807, 2.05) is 42.3 Å². The van der Waals surface area contributed by atoms with Crippen molar-refractivity contribution in [3.63, 3.8) is 0 Å². The van der Waals surface area contributed by atoms with Crippen LogP contribution in [0.2, 0.25) is 0 Å². The van der Waals surface area contributed by atoms with Gasteiger partial charge in [-0.2, -0.15) is 0 Å². The number of hydrogen-bond acceptors (Lipinski definition) is 3. The summed E-state index contributed by atoms with van der Waals surface area (Å²) in [5.74, 6) is 2.27. The van der Waals surface area contributed by atoms with E-state index in [2.05, 4.69) is 0 Å². The number of rotatable bonds is 6. The van der Waals surface area contributed by atoms with Gasteiger partial charge in [-0.15, -0.1) is 0 Å². The average Bonchev–Trinajstić information content (AvgIpc) is 3.13. The van der Waals surface area contributed by atoms with Gasteiger partial charge in [0.05, 0.1) is 12.5 Å². The van der Waals surface area contributed by atoms with Crippen molar-refractivity contribution < 1.29 is 9.53 Å². The molecule has 2 aliphatic rings. The number of ether oxygens (including phenoxy) is 1. The highest BCUT2D eigenvalue weighted by Gasteiger charge is 2.49. The first kappa shape index (κ1) is 15.3. The van der Waals surface area contributed by atoms with Gasteiger partial charge >= 0.3 is 0 Å². The molecule has 4 unspecified atom stereocenters. The fourth-order valence-corrected chi connectivity index (χ4v) is 4.08. The monoisotopic (exact) mass is 302 g/mol. The maximum absolute atomic E-state index is 12.6. The first-order valence-corrected chi connectivity index (χ1v) is 8.35. The third-order valence-corrected chi connectivity index (χ3v) is 5.29. The summed E-state index contributed by atoms with van der Waals surface area (Å²) in [6, 6.07) is 9.86. The van der Waals surface area contributed by atoms with Gasteiger partial charge in [-0.25, -0.2) is 0 Å². The molecule has 0 aromatic heterocycles. The second-order valence-electron chi connectivity index (χ2n) is 6.71. The van der Waals surface area contributed by atoms with E-state index in [9.17, 15) is 4.79 Å². The van der Waals surface area contributed by atoms with Crippen molar-refractivity contribution in [1.29, 1.82) is 0 Å². The molecule has 4 atom stereocenters. The summed E-state index contributed by atoms with van der Waals surface area (Å²) in [6.07, 6.45) is 4.39. The number of nitrogens with zero attached hydrogens (tertiary/aromatic N) is 1. The predicted molar refractivity (Wildman–Crippen MR) is 86.5 cm³/mol. The standard InChI is InChI=1S/C18H26N2O2/c1-20(10-5-11-22-15-6-3-2-4-7-15)18(21)16-13-8-9-14(12-13)17(16)19/h2-4,6-7,13-14,16-17H,5,8-12,19H2,1H3. The van der Waals surface area contributed by atoms with Gasteiger partial charge in [-0.1, -0.05) is 18.2 Å². The molecular formula is C18H26N2O2. The van der Waals surface area contributed by atoms with E-state index in [1.165, 1.54) is 12.8 Å². The maximum Gasteiger partial charge on any atom is 0.227 e. The fraction of sp³-hybridized carbons (Fsp3) is 0.611. The Balaban J connectivity index is 1.42. The van der Waals surface area contributed by atoms with E-state index < -0.39 is 0 Å². The quantitative estimate of drug-likeness (QED) is 0.820. The van der Waals surface area contributed by atoms with Crippen LogP contribution in [0.3, 0.4) is 0 Å². The lowest BCUT2D eigenvalue weighted by molar-refractivity contribution is -0.136. The van der Waals surface area contributed by atoms with E-state index in [-0.39, 0.29) is 17.9 Å². The Morgan fingerprint density at radius 2 is 2.00 bits per heavy atom. The molecule has 1 aromatic carbocycles. The van der Waals surface area contributed by atoms with E-state index in [0.717, 1.165) is 25.1 Å². The molecule has 2 bridgehead atoms. The van der Waals surface area contributed by atoms with Crippen molar-refractivity contribution in [2.24, 2.45) is 23.5 Å². The van der Waals surface area contributed by atoms with Gasteiger partial charge in [0.15, 0.2) is 0 Å². The number of amides is 1.